The molecular formula is C17H12BrFO2. The van der Waals surface area contributed by atoms with E-state index in [0.717, 1.165) is 0 Å². The Morgan fingerprint density at radius 2 is 1.76 bits per heavy atom. The zero-order chi connectivity index (χ0) is 15.0. The minimum Gasteiger partial charge on any atom is -0.459 e. The van der Waals surface area contributed by atoms with Crippen LogP contribution in [0.2, 0.25) is 0 Å². The molecule has 0 spiro atoms. The third-order valence-corrected chi connectivity index (χ3v) is 3.75. The molecule has 1 heterocycles. The smallest absolute Gasteiger partial charge is 0.200 e. The fourth-order valence-electron chi connectivity index (χ4n) is 2.36. The Kier molecular flexibility index (Phi) is 3.64. The maximum Gasteiger partial charge on any atom is 0.200 e. The van der Waals surface area contributed by atoms with Crippen molar-refractivity contribution in [2.45, 2.75) is 11.8 Å². The number of para-hydroxylation sites is 1. The van der Waals surface area contributed by atoms with Crippen LogP contribution in [0.5, 0.6) is 0 Å². The van der Waals surface area contributed by atoms with Crippen molar-refractivity contribution >= 4 is 26.9 Å². The highest BCUT2D eigenvalue weighted by Crippen LogP contribution is 2.33. The van der Waals surface area contributed by atoms with Gasteiger partial charge in [-0.05, 0) is 25.1 Å². The van der Waals surface area contributed by atoms with Crippen LogP contribution in [-0.4, -0.2) is 0 Å². The fraction of sp³-hybridized carbons (Fsp3) is 0.118. The first kappa shape index (κ1) is 14.0. The van der Waals surface area contributed by atoms with Gasteiger partial charge in [0.05, 0.1) is 15.8 Å². The van der Waals surface area contributed by atoms with Crippen LogP contribution in [0.25, 0.3) is 22.1 Å². The van der Waals surface area contributed by atoms with Gasteiger partial charge >= 0.3 is 0 Å². The molecule has 0 aliphatic heterocycles. The van der Waals surface area contributed by atoms with E-state index < -0.39 is 5.82 Å². The lowest BCUT2D eigenvalue weighted by Crippen LogP contribution is -2.10. The molecule has 4 heteroatoms. The third-order valence-electron chi connectivity index (χ3n) is 3.33. The Morgan fingerprint density at radius 1 is 1.10 bits per heavy atom. The Morgan fingerprint density at radius 3 is 2.48 bits per heavy atom. The lowest BCUT2D eigenvalue weighted by atomic mass is 10.0. The molecule has 0 saturated carbocycles. The summed E-state index contributed by atoms with van der Waals surface area (Å²) in [4.78, 5) is 12.6. The molecule has 3 aromatic rings. The van der Waals surface area contributed by atoms with Gasteiger partial charge in [0.2, 0.25) is 5.43 Å². The van der Waals surface area contributed by atoms with Gasteiger partial charge < -0.3 is 4.42 Å². The summed E-state index contributed by atoms with van der Waals surface area (Å²) in [6.07, 6.45) is 0. The molecule has 0 aliphatic carbocycles. The minimum atomic E-state index is -0.436. The summed E-state index contributed by atoms with van der Waals surface area (Å²) in [6.45, 7) is 1.84. The molecule has 2 nitrogen and oxygen atoms in total. The van der Waals surface area contributed by atoms with E-state index in [0.29, 0.717) is 16.7 Å². The SMILES string of the molecule is CC(Br)c1oc2ccccc2c(=O)c1-c1ccccc1F. The highest BCUT2D eigenvalue weighted by Gasteiger charge is 2.21. The third kappa shape index (κ3) is 2.40. The largest absolute Gasteiger partial charge is 0.459 e. The summed E-state index contributed by atoms with van der Waals surface area (Å²) in [5, 5.41) is 0.452. The summed E-state index contributed by atoms with van der Waals surface area (Å²) in [5.74, 6) is -0.00159. The summed E-state index contributed by atoms with van der Waals surface area (Å²) in [6, 6.07) is 13.2. The van der Waals surface area contributed by atoms with Crippen molar-refractivity contribution in [3.8, 4) is 11.1 Å². The zero-order valence-corrected chi connectivity index (χ0v) is 12.9. The highest BCUT2D eigenvalue weighted by atomic mass is 79.9. The lowest BCUT2D eigenvalue weighted by Gasteiger charge is -2.12. The van der Waals surface area contributed by atoms with Crippen molar-refractivity contribution in [3.63, 3.8) is 0 Å². The summed E-state index contributed by atoms with van der Waals surface area (Å²) < 4.78 is 19.9. The van der Waals surface area contributed by atoms with Gasteiger partial charge in [-0.15, -0.1) is 0 Å². The lowest BCUT2D eigenvalue weighted by molar-refractivity contribution is 0.543. The van der Waals surface area contributed by atoms with E-state index in [-0.39, 0.29) is 21.4 Å². The first-order valence-corrected chi connectivity index (χ1v) is 7.46. The van der Waals surface area contributed by atoms with Crippen LogP contribution in [0, 0.1) is 5.82 Å². The maximum absolute atomic E-state index is 14.1. The molecule has 3 rings (SSSR count). The van der Waals surface area contributed by atoms with Gasteiger partial charge in [-0.2, -0.15) is 0 Å². The molecule has 0 N–H and O–H groups in total. The van der Waals surface area contributed by atoms with Crippen molar-refractivity contribution in [3.05, 3.63) is 70.3 Å². The second-order valence-corrected chi connectivity index (χ2v) is 6.14. The maximum atomic E-state index is 14.1. The number of hydrogen-bond donors (Lipinski definition) is 0. The van der Waals surface area contributed by atoms with Crippen LogP contribution in [0.1, 0.15) is 17.5 Å². The second kappa shape index (κ2) is 5.45. The highest BCUT2D eigenvalue weighted by molar-refractivity contribution is 9.09. The molecule has 0 radical (unpaired) electrons. The number of hydrogen-bond acceptors (Lipinski definition) is 2. The monoisotopic (exact) mass is 346 g/mol. The molecule has 106 valence electrons. The Bertz CT molecular complexity index is 868. The van der Waals surface area contributed by atoms with Crippen molar-refractivity contribution < 1.29 is 8.81 Å². The van der Waals surface area contributed by atoms with Crippen LogP contribution in [0.4, 0.5) is 4.39 Å². The van der Waals surface area contributed by atoms with Gasteiger partial charge in [0, 0.05) is 5.56 Å². The summed E-state index contributed by atoms with van der Waals surface area (Å²) in [5.41, 5.74) is 0.821. The van der Waals surface area contributed by atoms with Crippen LogP contribution < -0.4 is 5.43 Å². The normalized spacial score (nSPS) is 12.5. The molecule has 0 saturated heterocycles. The van der Waals surface area contributed by atoms with Crippen LogP contribution >= 0.6 is 15.9 Å². The number of fused-ring (bicyclic) bond motifs is 1. The molecular weight excluding hydrogens is 335 g/mol. The van der Waals surface area contributed by atoms with Crippen molar-refractivity contribution in [1.29, 1.82) is 0 Å². The molecule has 0 bridgehead atoms. The van der Waals surface area contributed by atoms with E-state index in [1.807, 2.05) is 6.92 Å². The molecule has 1 aromatic heterocycles. The van der Waals surface area contributed by atoms with Gasteiger partial charge in [0.1, 0.15) is 17.2 Å². The molecule has 1 unspecified atom stereocenters. The predicted octanol–water partition coefficient (Wildman–Crippen LogP) is 5.06. The van der Waals surface area contributed by atoms with Crippen LogP contribution in [0.15, 0.2) is 57.7 Å². The van der Waals surface area contributed by atoms with E-state index in [9.17, 15) is 9.18 Å². The first-order chi connectivity index (χ1) is 10.1. The number of rotatable bonds is 2. The van der Waals surface area contributed by atoms with E-state index in [2.05, 4.69) is 15.9 Å². The number of halogens is 2. The predicted molar refractivity (Wildman–Crippen MR) is 85.2 cm³/mol. The first-order valence-electron chi connectivity index (χ1n) is 6.54. The average Bonchev–Trinajstić information content (AvgIpc) is 2.48. The van der Waals surface area contributed by atoms with Gasteiger partial charge in [0.25, 0.3) is 0 Å². The van der Waals surface area contributed by atoms with E-state index in [1.54, 1.807) is 42.5 Å². The van der Waals surface area contributed by atoms with Gasteiger partial charge in [-0.1, -0.05) is 46.3 Å². The molecule has 0 fully saturated rings. The second-order valence-electron chi connectivity index (χ2n) is 4.76. The van der Waals surface area contributed by atoms with E-state index in [4.69, 9.17) is 4.42 Å². The number of alkyl halides is 1. The zero-order valence-electron chi connectivity index (χ0n) is 11.3. The van der Waals surface area contributed by atoms with Crippen molar-refractivity contribution in [1.82, 2.24) is 0 Å². The van der Waals surface area contributed by atoms with Crippen molar-refractivity contribution in [2.75, 3.05) is 0 Å². The fourth-order valence-corrected chi connectivity index (χ4v) is 2.68. The minimum absolute atomic E-state index is 0.204. The van der Waals surface area contributed by atoms with Crippen LogP contribution in [0.3, 0.4) is 0 Å². The van der Waals surface area contributed by atoms with Crippen LogP contribution in [-0.2, 0) is 0 Å². The Labute approximate surface area is 129 Å². The summed E-state index contributed by atoms with van der Waals surface area (Å²) >= 11 is 3.42. The average molecular weight is 347 g/mol. The van der Waals surface area contributed by atoms with E-state index >= 15 is 0 Å². The van der Waals surface area contributed by atoms with Gasteiger partial charge in [-0.3, -0.25) is 4.79 Å². The molecule has 21 heavy (non-hydrogen) atoms. The van der Waals surface area contributed by atoms with Gasteiger partial charge in [-0.25, -0.2) is 4.39 Å². The Hall–Kier alpha value is -1.94. The quantitative estimate of drug-likeness (QED) is 0.607. The van der Waals surface area contributed by atoms with Crippen molar-refractivity contribution in [2.24, 2.45) is 0 Å². The standard InChI is InChI=1S/C17H12BrFO2/c1-10(18)17-15(11-6-2-4-8-13(11)19)16(20)12-7-3-5-9-14(12)21-17/h2-10H,1H3. The summed E-state index contributed by atoms with van der Waals surface area (Å²) in [7, 11) is 0. The number of benzene rings is 2. The van der Waals surface area contributed by atoms with Gasteiger partial charge in [0.15, 0.2) is 0 Å². The Balaban J connectivity index is 2.46. The topological polar surface area (TPSA) is 30.2 Å². The molecule has 0 amide bonds. The molecule has 1 atom stereocenters. The molecule has 2 aromatic carbocycles. The van der Waals surface area contributed by atoms with E-state index in [1.165, 1.54) is 6.07 Å². The molecule has 0 aliphatic rings.